The molecule has 1 amide bonds. The topological polar surface area (TPSA) is 94.1 Å². The van der Waals surface area contributed by atoms with E-state index >= 15 is 0 Å². The van der Waals surface area contributed by atoms with Crippen molar-refractivity contribution < 1.29 is 23.9 Å². The molecule has 1 N–H and O–H groups in total. The van der Waals surface area contributed by atoms with E-state index in [0.717, 1.165) is 31.9 Å². The molecule has 7 heteroatoms. The van der Waals surface area contributed by atoms with Crippen LogP contribution in [0.25, 0.3) is 0 Å². The van der Waals surface area contributed by atoms with E-state index in [1.165, 1.54) is 6.08 Å². The third-order valence-corrected chi connectivity index (χ3v) is 3.01. The van der Waals surface area contributed by atoms with E-state index in [2.05, 4.69) is 21.6 Å². The van der Waals surface area contributed by atoms with E-state index in [-0.39, 0.29) is 5.97 Å². The first kappa shape index (κ1) is 19.1. The van der Waals surface area contributed by atoms with Gasteiger partial charge in [-0.05, 0) is 37.1 Å². The Kier molecular flexibility index (Phi) is 9.26. The van der Waals surface area contributed by atoms with E-state index in [0.29, 0.717) is 24.4 Å². The summed E-state index contributed by atoms with van der Waals surface area (Å²) in [5.74, 6) is -0.287. The van der Waals surface area contributed by atoms with Gasteiger partial charge >= 0.3 is 12.1 Å². The van der Waals surface area contributed by atoms with Crippen molar-refractivity contribution in [2.75, 3.05) is 11.9 Å². The van der Waals surface area contributed by atoms with Crippen LogP contribution in [-0.2, 0) is 19.1 Å². The summed E-state index contributed by atoms with van der Waals surface area (Å²) in [6.45, 7) is 3.61. The van der Waals surface area contributed by atoms with Crippen LogP contribution in [0, 0.1) is 0 Å². The first-order chi connectivity index (χ1) is 11.7. The van der Waals surface area contributed by atoms with Crippen molar-refractivity contribution in [2.45, 2.75) is 32.1 Å². The molecule has 0 saturated heterocycles. The van der Waals surface area contributed by atoms with Crippen LogP contribution in [0.15, 0.2) is 42.1 Å². The molecule has 128 valence electrons. The van der Waals surface area contributed by atoms with Crippen molar-refractivity contribution >= 4 is 29.5 Å². The summed E-state index contributed by atoms with van der Waals surface area (Å²) in [6.07, 6.45) is 5.54. The maximum atomic E-state index is 11.6. The minimum Gasteiger partial charge on any atom is -0.449 e. The van der Waals surface area contributed by atoms with E-state index in [4.69, 9.17) is 4.74 Å². The number of unbranched alkanes of at least 4 members (excludes halogenated alkanes) is 3. The maximum absolute atomic E-state index is 11.6. The molecule has 0 saturated carbocycles. The number of carbonyl (C=O) groups is 2. The first-order valence-electron chi connectivity index (χ1n) is 7.58. The molecule has 0 heterocycles. The second-order valence-electron chi connectivity index (χ2n) is 4.83. The quantitative estimate of drug-likeness (QED) is 0.231. The van der Waals surface area contributed by atoms with Gasteiger partial charge in [-0.25, -0.2) is 9.59 Å². The number of hydrogen-bond donors (Lipinski definition) is 1. The molecular formula is C17H20N2O5. The number of esters is 1. The summed E-state index contributed by atoms with van der Waals surface area (Å²) in [6, 6.07) is 6.38. The standard InChI is InChI=1S/C17H20N2O5/c1-2-23-16(21)7-5-3-4-6-12-24-17(22)19-15-10-8-14(9-11-15)18-13-20/h2,8-11H,1,3-7,12H2,(H,19,22). The molecule has 0 aromatic heterocycles. The number of nitrogens with one attached hydrogen (secondary N) is 1. The van der Waals surface area contributed by atoms with E-state index in [1.54, 1.807) is 24.3 Å². The smallest absolute Gasteiger partial charge is 0.411 e. The Hall–Kier alpha value is -2.92. The molecule has 1 rings (SSSR count). The first-order valence-corrected chi connectivity index (χ1v) is 7.58. The van der Waals surface area contributed by atoms with Crippen molar-refractivity contribution in [3.05, 3.63) is 37.1 Å². The van der Waals surface area contributed by atoms with Crippen LogP contribution in [0.3, 0.4) is 0 Å². The molecule has 0 spiro atoms. The maximum Gasteiger partial charge on any atom is 0.411 e. The Morgan fingerprint density at radius 2 is 1.88 bits per heavy atom. The second-order valence-corrected chi connectivity index (χ2v) is 4.83. The van der Waals surface area contributed by atoms with Gasteiger partial charge in [-0.3, -0.25) is 10.1 Å². The number of benzene rings is 1. The molecule has 1 aromatic rings. The van der Waals surface area contributed by atoms with Crippen molar-refractivity contribution in [3.8, 4) is 0 Å². The number of aliphatic imine (C=N–C) groups is 1. The molecule has 0 bridgehead atoms. The second kappa shape index (κ2) is 11.6. The summed E-state index contributed by atoms with van der Waals surface area (Å²) in [5, 5.41) is 2.57. The van der Waals surface area contributed by atoms with Gasteiger partial charge in [-0.2, -0.15) is 4.99 Å². The van der Waals surface area contributed by atoms with Crippen LogP contribution < -0.4 is 5.32 Å². The average molecular weight is 332 g/mol. The lowest BCUT2D eigenvalue weighted by atomic mass is 10.1. The van der Waals surface area contributed by atoms with Crippen LogP contribution in [0.4, 0.5) is 16.2 Å². The summed E-state index contributed by atoms with van der Waals surface area (Å²) in [5.41, 5.74) is 1.01. The van der Waals surface area contributed by atoms with Crippen molar-refractivity contribution in [2.24, 2.45) is 4.99 Å². The number of rotatable bonds is 10. The van der Waals surface area contributed by atoms with Crippen LogP contribution in [0.5, 0.6) is 0 Å². The zero-order valence-electron chi connectivity index (χ0n) is 13.3. The summed E-state index contributed by atoms with van der Waals surface area (Å²) in [4.78, 5) is 36.2. The third-order valence-electron chi connectivity index (χ3n) is 3.01. The van der Waals surface area contributed by atoms with Gasteiger partial charge in [0.1, 0.15) is 0 Å². The van der Waals surface area contributed by atoms with Crippen molar-refractivity contribution in [1.29, 1.82) is 0 Å². The van der Waals surface area contributed by atoms with Gasteiger partial charge in [0.05, 0.1) is 18.6 Å². The highest BCUT2D eigenvalue weighted by molar-refractivity contribution is 5.84. The summed E-state index contributed by atoms with van der Waals surface area (Å²) >= 11 is 0. The summed E-state index contributed by atoms with van der Waals surface area (Å²) in [7, 11) is 0. The Labute approximate surface area is 140 Å². The summed E-state index contributed by atoms with van der Waals surface area (Å²) < 4.78 is 9.65. The number of hydrogen-bond acceptors (Lipinski definition) is 6. The monoisotopic (exact) mass is 332 g/mol. The Balaban J connectivity index is 2.10. The predicted molar refractivity (Wildman–Crippen MR) is 88.6 cm³/mol. The molecular weight excluding hydrogens is 312 g/mol. The highest BCUT2D eigenvalue weighted by atomic mass is 16.5. The fraction of sp³-hybridized carbons (Fsp3) is 0.353. The van der Waals surface area contributed by atoms with Gasteiger partial charge in [0.15, 0.2) is 0 Å². The number of nitrogens with zero attached hydrogens (tertiary/aromatic N) is 1. The molecule has 0 aliphatic heterocycles. The van der Waals surface area contributed by atoms with E-state index in [1.807, 2.05) is 0 Å². The lowest BCUT2D eigenvalue weighted by molar-refractivity contribution is -0.138. The third kappa shape index (κ3) is 8.51. The minimum atomic E-state index is -0.545. The molecule has 0 aliphatic rings. The van der Waals surface area contributed by atoms with Gasteiger partial charge in [0.25, 0.3) is 0 Å². The zero-order chi connectivity index (χ0) is 17.6. The molecule has 7 nitrogen and oxygen atoms in total. The van der Waals surface area contributed by atoms with E-state index < -0.39 is 6.09 Å². The predicted octanol–water partition coefficient (Wildman–Crippen LogP) is 3.84. The fourth-order valence-electron chi connectivity index (χ4n) is 1.87. The number of isocyanates is 1. The van der Waals surface area contributed by atoms with Crippen molar-refractivity contribution in [1.82, 2.24) is 0 Å². The van der Waals surface area contributed by atoms with E-state index in [9.17, 15) is 14.4 Å². The van der Waals surface area contributed by atoms with Crippen LogP contribution in [0.2, 0.25) is 0 Å². The molecule has 0 fully saturated rings. The van der Waals surface area contributed by atoms with Crippen molar-refractivity contribution in [3.63, 3.8) is 0 Å². The Bertz CT molecular complexity index is 592. The van der Waals surface area contributed by atoms with Gasteiger partial charge in [-0.1, -0.05) is 19.4 Å². The molecule has 1 aromatic carbocycles. The van der Waals surface area contributed by atoms with Crippen LogP contribution in [0.1, 0.15) is 32.1 Å². The Morgan fingerprint density at radius 1 is 1.17 bits per heavy atom. The lowest BCUT2D eigenvalue weighted by Gasteiger charge is -2.07. The fourth-order valence-corrected chi connectivity index (χ4v) is 1.87. The molecule has 0 aliphatic carbocycles. The van der Waals surface area contributed by atoms with Gasteiger partial charge in [-0.15, -0.1) is 0 Å². The number of carbonyl (C=O) groups excluding carboxylic acids is 3. The normalized spacial score (nSPS) is 9.50. The molecule has 24 heavy (non-hydrogen) atoms. The van der Waals surface area contributed by atoms with Gasteiger partial charge in [0.2, 0.25) is 6.08 Å². The highest BCUT2D eigenvalue weighted by Gasteiger charge is 2.04. The Morgan fingerprint density at radius 3 is 2.54 bits per heavy atom. The number of ether oxygens (including phenoxy) is 2. The lowest BCUT2D eigenvalue weighted by Crippen LogP contribution is -2.14. The number of amides is 1. The minimum absolute atomic E-state index is 0.287. The SMILES string of the molecule is C=COC(=O)CCCCCCOC(=O)Nc1ccc(N=C=O)cc1. The average Bonchev–Trinajstić information content (AvgIpc) is 2.56. The van der Waals surface area contributed by atoms with Crippen LogP contribution >= 0.6 is 0 Å². The van der Waals surface area contributed by atoms with Gasteiger partial charge < -0.3 is 9.47 Å². The molecule has 0 radical (unpaired) electrons. The van der Waals surface area contributed by atoms with Crippen LogP contribution in [-0.4, -0.2) is 24.7 Å². The largest absolute Gasteiger partial charge is 0.449 e. The molecule has 0 atom stereocenters. The highest BCUT2D eigenvalue weighted by Crippen LogP contribution is 2.15. The molecule has 0 unspecified atom stereocenters. The number of anilines is 1. The van der Waals surface area contributed by atoms with Gasteiger partial charge in [0, 0.05) is 12.1 Å². The zero-order valence-corrected chi connectivity index (χ0v) is 13.3.